The largest absolute Gasteiger partial charge is 0.341 e. The van der Waals surface area contributed by atoms with Crippen molar-refractivity contribution in [3.8, 4) is 0 Å². The lowest BCUT2D eigenvalue weighted by Gasteiger charge is -2.30. The molecule has 1 amide bonds. The van der Waals surface area contributed by atoms with E-state index in [1.807, 2.05) is 6.92 Å². The molecule has 0 bridgehead atoms. The Morgan fingerprint density at radius 2 is 2.00 bits per heavy atom. The van der Waals surface area contributed by atoms with Crippen molar-refractivity contribution in [1.82, 2.24) is 15.5 Å². The lowest BCUT2D eigenvalue weighted by molar-refractivity contribution is -0.134. The fourth-order valence-electron chi connectivity index (χ4n) is 2.60. The molecular weight excluding hydrogens is 202 g/mol. The molecule has 1 atom stereocenters. The molecule has 0 aromatic heterocycles. The number of hydrogen-bond donors (Lipinski definition) is 2. The van der Waals surface area contributed by atoms with Crippen molar-refractivity contribution in [3.05, 3.63) is 0 Å². The molecule has 2 aliphatic rings. The van der Waals surface area contributed by atoms with Crippen LogP contribution in [0.2, 0.25) is 0 Å². The van der Waals surface area contributed by atoms with Crippen LogP contribution in [-0.4, -0.2) is 50.1 Å². The summed E-state index contributed by atoms with van der Waals surface area (Å²) in [6, 6.07) is 0. The van der Waals surface area contributed by atoms with Crippen LogP contribution < -0.4 is 10.6 Å². The maximum atomic E-state index is 12.1. The number of rotatable bonds is 2. The van der Waals surface area contributed by atoms with Gasteiger partial charge in [0.05, 0.1) is 0 Å². The van der Waals surface area contributed by atoms with Crippen molar-refractivity contribution < 1.29 is 4.79 Å². The van der Waals surface area contributed by atoms with E-state index >= 15 is 0 Å². The van der Waals surface area contributed by atoms with Crippen LogP contribution in [0.25, 0.3) is 0 Å². The topological polar surface area (TPSA) is 44.4 Å². The third-order valence-corrected chi connectivity index (χ3v) is 3.68. The summed E-state index contributed by atoms with van der Waals surface area (Å²) >= 11 is 0. The highest BCUT2D eigenvalue weighted by Crippen LogP contribution is 2.15. The van der Waals surface area contributed by atoms with Gasteiger partial charge >= 0.3 is 0 Å². The molecule has 0 saturated carbocycles. The van der Waals surface area contributed by atoms with Gasteiger partial charge in [-0.05, 0) is 31.8 Å². The molecule has 0 aromatic rings. The third-order valence-electron chi connectivity index (χ3n) is 3.68. The van der Waals surface area contributed by atoms with E-state index in [-0.39, 0.29) is 5.92 Å². The van der Waals surface area contributed by atoms with Gasteiger partial charge in [-0.1, -0.05) is 6.92 Å². The summed E-state index contributed by atoms with van der Waals surface area (Å²) in [6.45, 7) is 7.87. The van der Waals surface area contributed by atoms with E-state index < -0.39 is 0 Å². The normalized spacial score (nSPS) is 29.2. The van der Waals surface area contributed by atoms with Crippen LogP contribution in [0, 0.1) is 11.8 Å². The number of piperidine rings is 1. The van der Waals surface area contributed by atoms with Gasteiger partial charge in [-0.3, -0.25) is 4.79 Å². The smallest absolute Gasteiger partial charge is 0.226 e. The summed E-state index contributed by atoms with van der Waals surface area (Å²) in [5, 5.41) is 6.69. The Bertz CT molecular complexity index is 238. The summed E-state index contributed by atoms with van der Waals surface area (Å²) < 4.78 is 0. The SMILES string of the molecule is CC1CNCCN(CC2CCNCC2)C1=O. The molecule has 0 aliphatic carbocycles. The maximum absolute atomic E-state index is 12.1. The number of amides is 1. The minimum atomic E-state index is 0.143. The summed E-state index contributed by atoms with van der Waals surface area (Å²) in [4.78, 5) is 14.2. The Morgan fingerprint density at radius 1 is 1.25 bits per heavy atom. The third kappa shape index (κ3) is 2.95. The van der Waals surface area contributed by atoms with Crippen molar-refractivity contribution in [3.63, 3.8) is 0 Å². The maximum Gasteiger partial charge on any atom is 0.226 e. The Labute approximate surface area is 97.8 Å². The van der Waals surface area contributed by atoms with Crippen LogP contribution in [0.1, 0.15) is 19.8 Å². The summed E-state index contributed by atoms with van der Waals surface area (Å²) in [5.41, 5.74) is 0. The zero-order chi connectivity index (χ0) is 11.4. The quantitative estimate of drug-likeness (QED) is 0.698. The molecule has 1 unspecified atom stereocenters. The van der Waals surface area contributed by atoms with Gasteiger partial charge in [-0.15, -0.1) is 0 Å². The summed E-state index contributed by atoms with van der Waals surface area (Å²) in [6.07, 6.45) is 2.43. The Morgan fingerprint density at radius 3 is 2.75 bits per heavy atom. The van der Waals surface area contributed by atoms with Gasteiger partial charge in [-0.2, -0.15) is 0 Å². The molecule has 0 aromatic carbocycles. The number of nitrogens with one attached hydrogen (secondary N) is 2. The van der Waals surface area contributed by atoms with Crippen molar-refractivity contribution in [2.24, 2.45) is 11.8 Å². The Kier molecular flexibility index (Phi) is 4.18. The van der Waals surface area contributed by atoms with Crippen LogP contribution in [0.3, 0.4) is 0 Å². The summed E-state index contributed by atoms with van der Waals surface area (Å²) in [7, 11) is 0. The average Bonchev–Trinajstić information content (AvgIpc) is 2.46. The van der Waals surface area contributed by atoms with E-state index in [0.29, 0.717) is 11.8 Å². The Balaban J connectivity index is 1.88. The molecule has 4 heteroatoms. The second kappa shape index (κ2) is 5.64. The van der Waals surface area contributed by atoms with Gasteiger partial charge in [0, 0.05) is 32.1 Å². The monoisotopic (exact) mass is 225 g/mol. The van der Waals surface area contributed by atoms with E-state index in [2.05, 4.69) is 15.5 Å². The molecule has 0 spiro atoms. The van der Waals surface area contributed by atoms with Gasteiger partial charge in [0.25, 0.3) is 0 Å². The van der Waals surface area contributed by atoms with Crippen LogP contribution in [-0.2, 0) is 4.79 Å². The zero-order valence-corrected chi connectivity index (χ0v) is 10.2. The van der Waals surface area contributed by atoms with E-state index in [1.165, 1.54) is 12.8 Å². The predicted octanol–water partition coefficient (Wildman–Crippen LogP) is 0.0539. The molecule has 2 aliphatic heterocycles. The second-order valence-electron chi connectivity index (χ2n) is 5.08. The Hall–Kier alpha value is -0.610. The van der Waals surface area contributed by atoms with Crippen LogP contribution in [0.15, 0.2) is 0 Å². The first-order valence-electron chi connectivity index (χ1n) is 6.47. The van der Waals surface area contributed by atoms with Crippen molar-refractivity contribution in [2.75, 3.05) is 39.3 Å². The van der Waals surface area contributed by atoms with Gasteiger partial charge in [0.15, 0.2) is 0 Å². The minimum Gasteiger partial charge on any atom is -0.341 e. The number of carbonyl (C=O) groups excluding carboxylic acids is 1. The first-order chi connectivity index (χ1) is 7.77. The van der Waals surface area contributed by atoms with Gasteiger partial charge < -0.3 is 15.5 Å². The molecule has 92 valence electrons. The van der Waals surface area contributed by atoms with E-state index in [0.717, 1.165) is 39.3 Å². The van der Waals surface area contributed by atoms with Gasteiger partial charge in [-0.25, -0.2) is 0 Å². The van der Waals surface area contributed by atoms with Crippen molar-refractivity contribution in [2.45, 2.75) is 19.8 Å². The fraction of sp³-hybridized carbons (Fsp3) is 0.917. The molecule has 2 fully saturated rings. The minimum absolute atomic E-state index is 0.143. The lowest BCUT2D eigenvalue weighted by atomic mass is 9.97. The standard InChI is InChI=1S/C12H23N3O/c1-10-8-14-6-7-15(12(10)16)9-11-2-4-13-5-3-11/h10-11,13-14H,2-9H2,1H3. The van der Waals surface area contributed by atoms with E-state index in [9.17, 15) is 4.79 Å². The van der Waals surface area contributed by atoms with Crippen molar-refractivity contribution >= 4 is 5.91 Å². The molecule has 0 radical (unpaired) electrons. The van der Waals surface area contributed by atoms with Crippen LogP contribution in [0.4, 0.5) is 0 Å². The van der Waals surface area contributed by atoms with Crippen LogP contribution in [0.5, 0.6) is 0 Å². The molecule has 16 heavy (non-hydrogen) atoms. The highest BCUT2D eigenvalue weighted by Gasteiger charge is 2.25. The van der Waals surface area contributed by atoms with Gasteiger partial charge in [0.2, 0.25) is 5.91 Å². The lowest BCUT2D eigenvalue weighted by Crippen LogP contribution is -2.41. The fourth-order valence-corrected chi connectivity index (χ4v) is 2.60. The first kappa shape index (κ1) is 11.9. The number of hydrogen-bond acceptors (Lipinski definition) is 3. The highest BCUT2D eigenvalue weighted by atomic mass is 16.2. The second-order valence-corrected chi connectivity index (χ2v) is 5.08. The van der Waals surface area contributed by atoms with E-state index in [4.69, 9.17) is 0 Å². The van der Waals surface area contributed by atoms with Crippen LogP contribution >= 0.6 is 0 Å². The van der Waals surface area contributed by atoms with Crippen molar-refractivity contribution in [1.29, 1.82) is 0 Å². The molecule has 2 rings (SSSR count). The molecule has 2 saturated heterocycles. The zero-order valence-electron chi connectivity index (χ0n) is 10.2. The molecule has 4 nitrogen and oxygen atoms in total. The first-order valence-corrected chi connectivity index (χ1v) is 6.47. The van der Waals surface area contributed by atoms with E-state index in [1.54, 1.807) is 0 Å². The van der Waals surface area contributed by atoms with Gasteiger partial charge in [0.1, 0.15) is 0 Å². The predicted molar refractivity (Wildman–Crippen MR) is 64.2 cm³/mol. The molecular formula is C12H23N3O. The molecule has 2 heterocycles. The average molecular weight is 225 g/mol. The summed E-state index contributed by atoms with van der Waals surface area (Å²) in [5.74, 6) is 1.18. The number of nitrogens with zero attached hydrogens (tertiary/aromatic N) is 1. The number of carbonyl (C=O) groups is 1. The molecule has 2 N–H and O–H groups in total. The highest BCUT2D eigenvalue weighted by molar-refractivity contribution is 5.79.